The quantitative estimate of drug-likeness (QED) is 0.799. The number of aromatic nitrogens is 1. The standard InChI is InChI=1S/C10H10F3N3/c1-16(7-3-6-14)9-5-2-4-8(15-9)10(11,12)13/h2,4-5H,3,7H2,1H3. The maximum absolute atomic E-state index is 12.3. The molecule has 1 rings (SSSR count). The first-order valence-corrected chi connectivity index (χ1v) is 4.57. The van der Waals surface area contributed by atoms with Crippen molar-refractivity contribution in [3.63, 3.8) is 0 Å². The first-order valence-electron chi connectivity index (χ1n) is 4.57. The Morgan fingerprint density at radius 2 is 2.12 bits per heavy atom. The third-order valence-electron chi connectivity index (χ3n) is 1.97. The number of nitrogens with zero attached hydrogens (tertiary/aromatic N) is 3. The number of halogens is 3. The van der Waals surface area contributed by atoms with Gasteiger partial charge in [0.15, 0.2) is 0 Å². The molecule has 0 aliphatic rings. The van der Waals surface area contributed by atoms with E-state index in [1.807, 2.05) is 6.07 Å². The molecule has 0 saturated carbocycles. The molecule has 1 aromatic rings. The van der Waals surface area contributed by atoms with Crippen molar-refractivity contribution in [1.29, 1.82) is 5.26 Å². The van der Waals surface area contributed by atoms with Crippen molar-refractivity contribution in [2.45, 2.75) is 12.6 Å². The van der Waals surface area contributed by atoms with Crippen LogP contribution in [0, 0.1) is 11.3 Å². The second-order valence-corrected chi connectivity index (χ2v) is 3.21. The molecule has 0 unspecified atom stereocenters. The minimum atomic E-state index is -4.44. The van der Waals surface area contributed by atoms with Crippen LogP contribution >= 0.6 is 0 Å². The van der Waals surface area contributed by atoms with E-state index in [1.165, 1.54) is 17.0 Å². The number of hydrogen-bond acceptors (Lipinski definition) is 3. The Kier molecular flexibility index (Phi) is 3.72. The van der Waals surface area contributed by atoms with Crippen molar-refractivity contribution in [2.24, 2.45) is 0 Å². The zero-order valence-electron chi connectivity index (χ0n) is 8.62. The van der Waals surface area contributed by atoms with Crippen LogP contribution in [0.4, 0.5) is 19.0 Å². The van der Waals surface area contributed by atoms with Gasteiger partial charge in [0.25, 0.3) is 0 Å². The maximum Gasteiger partial charge on any atom is 0.433 e. The van der Waals surface area contributed by atoms with Crippen LogP contribution in [0.2, 0.25) is 0 Å². The molecular formula is C10H10F3N3. The molecule has 0 aromatic carbocycles. The van der Waals surface area contributed by atoms with Gasteiger partial charge < -0.3 is 4.90 Å². The van der Waals surface area contributed by atoms with Gasteiger partial charge in [0.1, 0.15) is 11.5 Å². The maximum atomic E-state index is 12.3. The van der Waals surface area contributed by atoms with Gasteiger partial charge in [-0.25, -0.2) is 4.98 Å². The Labute approximate surface area is 91.1 Å². The molecule has 0 atom stereocenters. The molecule has 3 nitrogen and oxygen atoms in total. The minimum Gasteiger partial charge on any atom is -0.359 e. The summed E-state index contributed by atoms with van der Waals surface area (Å²) in [5, 5.41) is 8.37. The number of nitriles is 1. The average molecular weight is 229 g/mol. The summed E-state index contributed by atoms with van der Waals surface area (Å²) in [5.74, 6) is 0.213. The van der Waals surface area contributed by atoms with E-state index in [-0.39, 0.29) is 12.2 Å². The van der Waals surface area contributed by atoms with E-state index >= 15 is 0 Å². The van der Waals surface area contributed by atoms with Gasteiger partial charge in [0, 0.05) is 13.6 Å². The van der Waals surface area contributed by atoms with Gasteiger partial charge in [-0.3, -0.25) is 0 Å². The lowest BCUT2D eigenvalue weighted by molar-refractivity contribution is -0.141. The number of alkyl halides is 3. The highest BCUT2D eigenvalue weighted by Gasteiger charge is 2.32. The average Bonchev–Trinajstić information content (AvgIpc) is 2.25. The summed E-state index contributed by atoms with van der Waals surface area (Å²) in [7, 11) is 1.60. The predicted molar refractivity (Wildman–Crippen MR) is 52.7 cm³/mol. The summed E-state index contributed by atoms with van der Waals surface area (Å²) in [6, 6.07) is 5.62. The van der Waals surface area contributed by atoms with Crippen LogP contribution in [-0.4, -0.2) is 18.6 Å². The summed E-state index contributed by atoms with van der Waals surface area (Å²) in [6.45, 7) is 0.352. The van der Waals surface area contributed by atoms with E-state index in [9.17, 15) is 13.2 Å². The highest BCUT2D eigenvalue weighted by molar-refractivity contribution is 5.38. The van der Waals surface area contributed by atoms with Gasteiger partial charge in [0.2, 0.25) is 0 Å². The van der Waals surface area contributed by atoms with Gasteiger partial charge in [-0.05, 0) is 12.1 Å². The SMILES string of the molecule is CN(CCC#N)c1cccc(C(F)(F)F)n1. The normalized spacial score (nSPS) is 10.9. The third kappa shape index (κ3) is 3.12. The Balaban J connectivity index is 2.87. The second kappa shape index (κ2) is 4.84. The smallest absolute Gasteiger partial charge is 0.359 e. The van der Waals surface area contributed by atoms with Crippen molar-refractivity contribution in [2.75, 3.05) is 18.5 Å². The Hall–Kier alpha value is -1.77. The molecule has 0 amide bonds. The minimum absolute atomic E-state index is 0.213. The molecule has 1 heterocycles. The van der Waals surface area contributed by atoms with Crippen molar-refractivity contribution >= 4 is 5.82 Å². The summed E-state index contributed by atoms with van der Waals surface area (Å²) in [4.78, 5) is 5.00. The lowest BCUT2D eigenvalue weighted by atomic mass is 10.3. The molecule has 0 fully saturated rings. The number of anilines is 1. The fraction of sp³-hybridized carbons (Fsp3) is 0.400. The first kappa shape index (κ1) is 12.3. The van der Waals surface area contributed by atoms with Crippen LogP contribution in [0.1, 0.15) is 12.1 Å². The van der Waals surface area contributed by atoms with Gasteiger partial charge in [-0.1, -0.05) is 6.07 Å². The third-order valence-corrected chi connectivity index (χ3v) is 1.97. The van der Waals surface area contributed by atoms with Crippen LogP contribution in [0.3, 0.4) is 0 Å². The van der Waals surface area contributed by atoms with Gasteiger partial charge in [0.05, 0.1) is 12.5 Å². The first-order chi connectivity index (χ1) is 7.45. The number of rotatable bonds is 3. The van der Waals surface area contributed by atoms with Gasteiger partial charge >= 0.3 is 6.18 Å². The topological polar surface area (TPSA) is 39.9 Å². The monoisotopic (exact) mass is 229 g/mol. The van der Waals surface area contributed by atoms with E-state index in [0.29, 0.717) is 6.54 Å². The molecule has 6 heteroatoms. The fourth-order valence-electron chi connectivity index (χ4n) is 1.13. The van der Waals surface area contributed by atoms with Crippen molar-refractivity contribution in [3.8, 4) is 6.07 Å². The zero-order chi connectivity index (χ0) is 12.2. The van der Waals surface area contributed by atoms with Crippen molar-refractivity contribution < 1.29 is 13.2 Å². The van der Waals surface area contributed by atoms with Gasteiger partial charge in [-0.15, -0.1) is 0 Å². The molecule has 0 saturated heterocycles. The Morgan fingerprint density at radius 1 is 1.44 bits per heavy atom. The lowest BCUT2D eigenvalue weighted by Crippen LogP contribution is -2.20. The van der Waals surface area contributed by atoms with Crippen LogP contribution in [-0.2, 0) is 6.18 Å². The second-order valence-electron chi connectivity index (χ2n) is 3.21. The van der Waals surface area contributed by atoms with Crippen molar-refractivity contribution in [1.82, 2.24) is 4.98 Å². The summed E-state index contributed by atoms with van der Waals surface area (Å²) in [5.41, 5.74) is -0.922. The largest absolute Gasteiger partial charge is 0.433 e. The van der Waals surface area contributed by atoms with E-state index < -0.39 is 11.9 Å². The molecule has 0 aliphatic heterocycles. The Morgan fingerprint density at radius 3 is 2.69 bits per heavy atom. The van der Waals surface area contributed by atoms with Crippen LogP contribution in [0.15, 0.2) is 18.2 Å². The summed E-state index contributed by atoms with van der Waals surface area (Å²) in [6.07, 6.45) is -4.19. The van der Waals surface area contributed by atoms with E-state index in [0.717, 1.165) is 6.07 Å². The lowest BCUT2D eigenvalue weighted by Gasteiger charge is -2.17. The summed E-state index contributed by atoms with van der Waals surface area (Å²) >= 11 is 0. The molecule has 0 bridgehead atoms. The molecule has 86 valence electrons. The number of pyridine rings is 1. The van der Waals surface area contributed by atoms with E-state index in [2.05, 4.69) is 4.98 Å². The molecular weight excluding hydrogens is 219 g/mol. The van der Waals surface area contributed by atoms with Crippen LogP contribution in [0.25, 0.3) is 0 Å². The highest BCUT2D eigenvalue weighted by atomic mass is 19.4. The summed E-state index contributed by atoms with van der Waals surface area (Å²) < 4.78 is 37.0. The highest BCUT2D eigenvalue weighted by Crippen LogP contribution is 2.28. The molecule has 0 aliphatic carbocycles. The predicted octanol–water partition coefficient (Wildman–Crippen LogP) is 2.45. The van der Waals surface area contributed by atoms with Crippen LogP contribution < -0.4 is 4.90 Å². The van der Waals surface area contributed by atoms with E-state index in [4.69, 9.17) is 5.26 Å². The van der Waals surface area contributed by atoms with Gasteiger partial charge in [-0.2, -0.15) is 18.4 Å². The number of hydrogen-bond donors (Lipinski definition) is 0. The molecule has 0 radical (unpaired) electrons. The Bertz CT molecular complexity index is 395. The van der Waals surface area contributed by atoms with Crippen LogP contribution in [0.5, 0.6) is 0 Å². The molecule has 1 aromatic heterocycles. The van der Waals surface area contributed by atoms with E-state index in [1.54, 1.807) is 7.05 Å². The molecule has 0 spiro atoms. The molecule has 16 heavy (non-hydrogen) atoms. The fourth-order valence-corrected chi connectivity index (χ4v) is 1.13. The molecule has 0 N–H and O–H groups in total. The zero-order valence-corrected chi connectivity index (χ0v) is 8.62. The van der Waals surface area contributed by atoms with Crippen molar-refractivity contribution in [3.05, 3.63) is 23.9 Å².